The fourth-order valence-corrected chi connectivity index (χ4v) is 2.43. The van der Waals surface area contributed by atoms with E-state index in [2.05, 4.69) is 30.6 Å². The number of aromatic nitrogens is 2. The first kappa shape index (κ1) is 13.1. The lowest BCUT2D eigenvalue weighted by Gasteiger charge is -2.18. The van der Waals surface area contributed by atoms with E-state index >= 15 is 0 Å². The second-order valence-corrected chi connectivity index (χ2v) is 5.02. The van der Waals surface area contributed by atoms with Crippen molar-refractivity contribution < 1.29 is 0 Å². The Morgan fingerprint density at radius 3 is 2.85 bits per heavy atom. The second-order valence-electron chi connectivity index (χ2n) is 4.66. The predicted molar refractivity (Wildman–Crippen MR) is 82.0 cm³/mol. The zero-order valence-electron chi connectivity index (χ0n) is 11.0. The van der Waals surface area contributed by atoms with Crippen molar-refractivity contribution >= 4 is 35.0 Å². The molecule has 1 aromatic heterocycles. The molecule has 0 spiro atoms. The van der Waals surface area contributed by atoms with Crippen LogP contribution >= 0.6 is 11.6 Å². The molecule has 0 atom stereocenters. The van der Waals surface area contributed by atoms with E-state index in [4.69, 9.17) is 11.6 Å². The molecule has 1 saturated heterocycles. The first-order chi connectivity index (χ1) is 9.83. The third kappa shape index (κ3) is 2.96. The standard InChI is InChI=1S/C13H15ClN6/c14-13-11(20-6-1-2-7-20)8-12(18-19-13)17-16-10-4-3-5-15-9-10/h3-5,8H,1-2,6-7,9H2,(H,17,18). The molecule has 1 fully saturated rings. The van der Waals surface area contributed by atoms with Crippen molar-refractivity contribution in [2.75, 3.05) is 30.0 Å². The number of anilines is 2. The summed E-state index contributed by atoms with van der Waals surface area (Å²) >= 11 is 6.12. The molecule has 1 aromatic rings. The van der Waals surface area contributed by atoms with Gasteiger partial charge in [0.1, 0.15) is 0 Å². The summed E-state index contributed by atoms with van der Waals surface area (Å²) < 4.78 is 0. The van der Waals surface area contributed by atoms with Gasteiger partial charge in [0, 0.05) is 25.4 Å². The van der Waals surface area contributed by atoms with Crippen LogP contribution in [0.15, 0.2) is 28.3 Å². The maximum atomic E-state index is 6.12. The van der Waals surface area contributed by atoms with E-state index in [-0.39, 0.29) is 0 Å². The summed E-state index contributed by atoms with van der Waals surface area (Å²) in [5.41, 5.74) is 4.68. The molecule has 7 heteroatoms. The number of allylic oxidation sites excluding steroid dienone is 1. The summed E-state index contributed by atoms with van der Waals surface area (Å²) in [5, 5.41) is 12.7. The van der Waals surface area contributed by atoms with E-state index in [9.17, 15) is 0 Å². The highest BCUT2D eigenvalue weighted by Crippen LogP contribution is 2.28. The lowest BCUT2D eigenvalue weighted by molar-refractivity contribution is 0.936. The fraction of sp³-hybridized carbons (Fsp3) is 0.385. The number of nitrogens with one attached hydrogen (secondary N) is 1. The summed E-state index contributed by atoms with van der Waals surface area (Å²) in [7, 11) is 0. The third-order valence-corrected chi connectivity index (χ3v) is 3.49. The average Bonchev–Trinajstić information content (AvgIpc) is 3.01. The van der Waals surface area contributed by atoms with Gasteiger partial charge in [0.2, 0.25) is 0 Å². The summed E-state index contributed by atoms with van der Waals surface area (Å²) in [4.78, 5) is 6.34. The minimum Gasteiger partial charge on any atom is -0.369 e. The van der Waals surface area contributed by atoms with Gasteiger partial charge in [0.15, 0.2) is 11.0 Å². The Balaban J connectivity index is 1.75. The highest BCUT2D eigenvalue weighted by molar-refractivity contribution is 6.32. The molecule has 3 rings (SSSR count). The molecule has 104 valence electrons. The molecule has 6 nitrogen and oxygen atoms in total. The van der Waals surface area contributed by atoms with E-state index in [0.717, 1.165) is 24.5 Å². The van der Waals surface area contributed by atoms with Crippen LogP contribution in [0, 0.1) is 0 Å². The predicted octanol–water partition coefficient (Wildman–Crippen LogP) is 2.14. The third-order valence-electron chi connectivity index (χ3n) is 3.22. The molecule has 3 heterocycles. The Labute approximate surface area is 122 Å². The van der Waals surface area contributed by atoms with Gasteiger partial charge in [-0.3, -0.25) is 10.4 Å². The summed E-state index contributed by atoms with van der Waals surface area (Å²) in [6.45, 7) is 2.59. The molecule has 0 bridgehead atoms. The molecule has 2 aliphatic heterocycles. The van der Waals surface area contributed by atoms with Crippen LogP contribution in [0.25, 0.3) is 0 Å². The zero-order chi connectivity index (χ0) is 13.8. The van der Waals surface area contributed by atoms with Crippen molar-refractivity contribution in [1.82, 2.24) is 10.2 Å². The van der Waals surface area contributed by atoms with Crippen LogP contribution in [0.5, 0.6) is 0 Å². The van der Waals surface area contributed by atoms with Crippen LogP contribution in [0.4, 0.5) is 11.5 Å². The number of hydrazone groups is 1. The molecule has 0 amide bonds. The molecule has 0 aromatic carbocycles. The number of dihydropyridines is 1. The zero-order valence-corrected chi connectivity index (χ0v) is 11.7. The molecule has 2 aliphatic rings. The van der Waals surface area contributed by atoms with E-state index in [0.29, 0.717) is 17.5 Å². The molecule has 0 saturated carbocycles. The van der Waals surface area contributed by atoms with Crippen molar-refractivity contribution in [2.45, 2.75) is 12.8 Å². The molecule has 0 radical (unpaired) electrons. The Hall–Kier alpha value is -1.95. The first-order valence-corrected chi connectivity index (χ1v) is 6.98. The Morgan fingerprint density at radius 1 is 1.25 bits per heavy atom. The first-order valence-electron chi connectivity index (χ1n) is 6.60. The molecule has 0 aliphatic carbocycles. The number of hydrogen-bond donors (Lipinski definition) is 1. The second kappa shape index (κ2) is 6.00. The largest absolute Gasteiger partial charge is 0.369 e. The summed E-state index contributed by atoms with van der Waals surface area (Å²) in [5.74, 6) is 0.590. The normalized spacial score (nSPS) is 19.9. The van der Waals surface area contributed by atoms with Gasteiger partial charge in [-0.25, -0.2) is 0 Å². The number of nitrogens with zero attached hydrogens (tertiary/aromatic N) is 5. The van der Waals surface area contributed by atoms with Crippen LogP contribution in [-0.4, -0.2) is 41.8 Å². The topological polar surface area (TPSA) is 65.8 Å². The smallest absolute Gasteiger partial charge is 0.175 e. The van der Waals surface area contributed by atoms with Crippen LogP contribution in [-0.2, 0) is 0 Å². The van der Waals surface area contributed by atoms with Crippen LogP contribution in [0.2, 0.25) is 5.15 Å². The van der Waals surface area contributed by atoms with Crippen molar-refractivity contribution in [3.05, 3.63) is 23.4 Å². The van der Waals surface area contributed by atoms with E-state index in [1.54, 1.807) is 6.21 Å². The number of aliphatic imine (C=N–C) groups is 1. The van der Waals surface area contributed by atoms with Crippen LogP contribution < -0.4 is 10.3 Å². The number of hydrogen-bond acceptors (Lipinski definition) is 6. The van der Waals surface area contributed by atoms with Gasteiger partial charge in [-0.15, -0.1) is 10.2 Å². The van der Waals surface area contributed by atoms with Crippen LogP contribution in [0.1, 0.15) is 12.8 Å². The summed E-state index contributed by atoms with van der Waals surface area (Å²) in [6.07, 6.45) is 7.89. The SMILES string of the molecule is Clc1nnc(NN=C2C=CC=NC2)cc1N1CCCC1. The van der Waals surface area contributed by atoms with Crippen molar-refractivity contribution in [3.8, 4) is 0 Å². The van der Waals surface area contributed by atoms with Gasteiger partial charge in [0.25, 0.3) is 0 Å². The number of rotatable bonds is 3. The fourth-order valence-electron chi connectivity index (χ4n) is 2.22. The van der Waals surface area contributed by atoms with Gasteiger partial charge in [-0.05, 0) is 25.0 Å². The molecule has 0 unspecified atom stereocenters. The Kier molecular flexibility index (Phi) is 3.92. The molecular formula is C13H15ClN6. The number of halogens is 1. The maximum absolute atomic E-state index is 6.12. The van der Waals surface area contributed by atoms with Crippen molar-refractivity contribution in [1.29, 1.82) is 0 Å². The Morgan fingerprint density at radius 2 is 2.10 bits per heavy atom. The average molecular weight is 291 g/mol. The van der Waals surface area contributed by atoms with E-state index in [1.165, 1.54) is 12.8 Å². The van der Waals surface area contributed by atoms with Crippen LogP contribution in [0.3, 0.4) is 0 Å². The Bertz CT molecular complexity index is 574. The lowest BCUT2D eigenvalue weighted by Crippen LogP contribution is -2.19. The summed E-state index contributed by atoms with van der Waals surface area (Å²) in [6, 6.07) is 1.89. The van der Waals surface area contributed by atoms with Crippen molar-refractivity contribution in [3.63, 3.8) is 0 Å². The lowest BCUT2D eigenvalue weighted by atomic mass is 10.3. The highest BCUT2D eigenvalue weighted by atomic mass is 35.5. The van der Waals surface area contributed by atoms with E-state index in [1.807, 2.05) is 18.2 Å². The van der Waals surface area contributed by atoms with E-state index < -0.39 is 0 Å². The van der Waals surface area contributed by atoms with Gasteiger partial charge in [-0.2, -0.15) is 5.10 Å². The van der Waals surface area contributed by atoms with Gasteiger partial charge in [0.05, 0.1) is 17.9 Å². The minimum absolute atomic E-state index is 0.437. The quantitative estimate of drug-likeness (QED) is 0.866. The molecule has 1 N–H and O–H groups in total. The monoisotopic (exact) mass is 290 g/mol. The maximum Gasteiger partial charge on any atom is 0.175 e. The van der Waals surface area contributed by atoms with Crippen molar-refractivity contribution in [2.24, 2.45) is 10.1 Å². The van der Waals surface area contributed by atoms with Gasteiger partial charge >= 0.3 is 0 Å². The molecule has 20 heavy (non-hydrogen) atoms. The minimum atomic E-state index is 0.437. The van der Waals surface area contributed by atoms with Gasteiger partial charge < -0.3 is 4.90 Å². The van der Waals surface area contributed by atoms with Gasteiger partial charge in [-0.1, -0.05) is 11.6 Å². The highest BCUT2D eigenvalue weighted by Gasteiger charge is 2.17. The molecular weight excluding hydrogens is 276 g/mol.